The Labute approximate surface area is 187 Å². The molecule has 0 saturated carbocycles. The molecule has 3 aromatic carbocycles. The van der Waals surface area contributed by atoms with Crippen LogP contribution in [0.4, 0.5) is 4.39 Å². The highest BCUT2D eigenvalue weighted by Crippen LogP contribution is 2.41. The van der Waals surface area contributed by atoms with Crippen molar-refractivity contribution in [3.8, 4) is 22.8 Å². The van der Waals surface area contributed by atoms with Crippen molar-refractivity contribution >= 4 is 5.57 Å². The lowest BCUT2D eigenvalue weighted by Crippen LogP contribution is -2.24. The Morgan fingerprint density at radius 1 is 0.656 bits per heavy atom. The van der Waals surface area contributed by atoms with E-state index in [4.69, 9.17) is 15.0 Å². The van der Waals surface area contributed by atoms with Gasteiger partial charge in [0.1, 0.15) is 5.83 Å². The summed E-state index contributed by atoms with van der Waals surface area (Å²) >= 11 is 0. The van der Waals surface area contributed by atoms with Gasteiger partial charge in [0, 0.05) is 22.1 Å². The highest BCUT2D eigenvalue weighted by Gasteiger charge is 2.34. The highest BCUT2D eigenvalue weighted by molar-refractivity contribution is 5.75. The number of nitrogens with zero attached hydrogens (tertiary/aromatic N) is 3. The molecule has 4 aromatic rings. The molecule has 0 fully saturated rings. The number of hydrogen-bond acceptors (Lipinski definition) is 3. The van der Waals surface area contributed by atoms with E-state index < -0.39 is 5.41 Å². The third-order valence-corrected chi connectivity index (χ3v) is 5.91. The topological polar surface area (TPSA) is 38.7 Å². The van der Waals surface area contributed by atoms with Gasteiger partial charge in [-0.15, -0.1) is 0 Å². The average Bonchev–Trinajstić information content (AvgIpc) is 2.87. The summed E-state index contributed by atoms with van der Waals surface area (Å²) in [5.74, 6) is 1.42. The van der Waals surface area contributed by atoms with E-state index in [1.807, 2.05) is 104 Å². The summed E-state index contributed by atoms with van der Waals surface area (Å²) < 4.78 is 15.4. The Hall–Kier alpha value is -3.92. The van der Waals surface area contributed by atoms with Gasteiger partial charge in [0.2, 0.25) is 0 Å². The Morgan fingerprint density at radius 3 is 1.62 bits per heavy atom. The van der Waals surface area contributed by atoms with Crippen molar-refractivity contribution in [2.75, 3.05) is 0 Å². The highest BCUT2D eigenvalue weighted by atomic mass is 19.1. The van der Waals surface area contributed by atoms with Crippen LogP contribution in [0.1, 0.15) is 24.7 Å². The largest absolute Gasteiger partial charge is 0.211 e. The zero-order chi connectivity index (χ0) is 22.0. The number of hydrogen-bond donors (Lipinski definition) is 0. The molecule has 0 aliphatic heterocycles. The molecule has 1 aliphatic carbocycles. The smallest absolute Gasteiger partial charge is 0.164 e. The molecule has 0 bridgehead atoms. The molecule has 3 nitrogen and oxygen atoms in total. The maximum absolute atomic E-state index is 15.4. The van der Waals surface area contributed by atoms with Crippen molar-refractivity contribution in [1.82, 2.24) is 15.0 Å². The number of allylic oxidation sites excluding steroid dienone is 4. The van der Waals surface area contributed by atoms with E-state index in [-0.39, 0.29) is 5.83 Å². The van der Waals surface area contributed by atoms with Crippen LogP contribution >= 0.6 is 0 Å². The zero-order valence-corrected chi connectivity index (χ0v) is 17.7. The van der Waals surface area contributed by atoms with Gasteiger partial charge in [-0.25, -0.2) is 19.3 Å². The minimum Gasteiger partial charge on any atom is -0.211 e. The van der Waals surface area contributed by atoms with Crippen molar-refractivity contribution in [2.45, 2.75) is 18.8 Å². The summed E-state index contributed by atoms with van der Waals surface area (Å²) in [5, 5.41) is 0. The Balaban J connectivity index is 1.59. The van der Waals surface area contributed by atoms with Crippen LogP contribution in [0.15, 0.2) is 109 Å². The van der Waals surface area contributed by atoms with Gasteiger partial charge in [0.25, 0.3) is 0 Å². The number of benzene rings is 3. The number of aromatic nitrogens is 3. The molecule has 1 atom stereocenters. The van der Waals surface area contributed by atoms with Crippen LogP contribution in [0.3, 0.4) is 0 Å². The van der Waals surface area contributed by atoms with Gasteiger partial charge in [-0.05, 0) is 25.0 Å². The van der Waals surface area contributed by atoms with Crippen LogP contribution in [-0.4, -0.2) is 15.0 Å². The van der Waals surface area contributed by atoms with Gasteiger partial charge in [-0.2, -0.15) is 0 Å². The standard InChI is InChI=1S/C28H22FN3/c1-28(23-15-9-4-10-16-23)18-17-22(19-24(28)29)27-31-25(20-11-5-2-6-12-20)30-26(32-27)21-13-7-3-8-14-21/h2-17,19H,18H2,1H3. The lowest BCUT2D eigenvalue weighted by Gasteiger charge is -2.30. The molecule has 0 radical (unpaired) electrons. The molecule has 0 amide bonds. The van der Waals surface area contributed by atoms with Crippen LogP contribution in [0, 0.1) is 0 Å². The molecule has 1 heterocycles. The SMILES string of the molecule is CC1(c2ccccc2)CC=C(c2nc(-c3ccccc3)nc(-c3ccccc3)n2)C=C1F. The molecule has 5 rings (SSSR count). The first-order valence-electron chi connectivity index (χ1n) is 10.6. The van der Waals surface area contributed by atoms with Crippen LogP contribution in [0.25, 0.3) is 28.3 Å². The van der Waals surface area contributed by atoms with E-state index in [1.165, 1.54) is 0 Å². The fourth-order valence-electron chi connectivity index (χ4n) is 3.92. The second kappa shape index (κ2) is 8.31. The van der Waals surface area contributed by atoms with Gasteiger partial charge in [0.05, 0.1) is 0 Å². The average molecular weight is 420 g/mol. The minimum atomic E-state index is -0.692. The third-order valence-electron chi connectivity index (χ3n) is 5.91. The summed E-state index contributed by atoms with van der Waals surface area (Å²) in [6.07, 6.45) is 4.12. The maximum Gasteiger partial charge on any atom is 0.164 e. The lowest BCUT2D eigenvalue weighted by atomic mass is 9.75. The fourth-order valence-corrected chi connectivity index (χ4v) is 3.92. The van der Waals surface area contributed by atoms with E-state index >= 15 is 4.39 Å². The third kappa shape index (κ3) is 3.76. The van der Waals surface area contributed by atoms with E-state index in [0.717, 1.165) is 16.7 Å². The van der Waals surface area contributed by atoms with Gasteiger partial charge in [-0.1, -0.05) is 97.1 Å². The Bertz CT molecular complexity index is 1240. The molecule has 0 N–H and O–H groups in total. The van der Waals surface area contributed by atoms with Gasteiger partial charge in [-0.3, -0.25) is 0 Å². The second-order valence-corrected chi connectivity index (χ2v) is 8.09. The maximum atomic E-state index is 15.4. The van der Waals surface area contributed by atoms with Gasteiger partial charge < -0.3 is 0 Å². The van der Waals surface area contributed by atoms with E-state index in [2.05, 4.69) is 0 Å². The quantitative estimate of drug-likeness (QED) is 0.365. The van der Waals surface area contributed by atoms with Crippen LogP contribution < -0.4 is 0 Å². The normalized spacial score (nSPS) is 18.1. The Kier molecular flexibility index (Phi) is 5.20. The molecule has 156 valence electrons. The van der Waals surface area contributed by atoms with Crippen LogP contribution in [0.5, 0.6) is 0 Å². The number of rotatable bonds is 4. The van der Waals surface area contributed by atoms with Crippen LogP contribution in [0.2, 0.25) is 0 Å². The molecular formula is C28H22FN3. The summed E-state index contributed by atoms with van der Waals surface area (Å²) in [7, 11) is 0. The van der Waals surface area contributed by atoms with Crippen molar-refractivity contribution in [1.29, 1.82) is 0 Å². The first-order chi connectivity index (χ1) is 15.6. The first-order valence-corrected chi connectivity index (χ1v) is 10.6. The zero-order valence-electron chi connectivity index (χ0n) is 17.7. The molecule has 0 spiro atoms. The van der Waals surface area contributed by atoms with E-state index in [9.17, 15) is 0 Å². The molecular weight excluding hydrogens is 397 g/mol. The second-order valence-electron chi connectivity index (χ2n) is 8.09. The predicted octanol–water partition coefficient (Wildman–Crippen LogP) is 6.80. The van der Waals surface area contributed by atoms with Crippen molar-refractivity contribution in [3.05, 3.63) is 120 Å². The summed E-state index contributed by atoms with van der Waals surface area (Å²) in [6.45, 7) is 1.93. The predicted molar refractivity (Wildman–Crippen MR) is 126 cm³/mol. The monoisotopic (exact) mass is 419 g/mol. The van der Waals surface area contributed by atoms with Crippen molar-refractivity contribution in [3.63, 3.8) is 0 Å². The minimum absolute atomic E-state index is 0.191. The molecule has 1 aromatic heterocycles. The molecule has 4 heteroatoms. The molecule has 32 heavy (non-hydrogen) atoms. The lowest BCUT2D eigenvalue weighted by molar-refractivity contribution is 0.426. The summed E-state index contributed by atoms with van der Waals surface area (Å²) in [5.41, 5.74) is 2.72. The first kappa shape index (κ1) is 20.0. The van der Waals surface area contributed by atoms with Crippen molar-refractivity contribution in [2.24, 2.45) is 0 Å². The summed E-state index contributed by atoms with van der Waals surface area (Å²) in [6, 6.07) is 29.3. The molecule has 1 aliphatic rings. The van der Waals surface area contributed by atoms with E-state index in [1.54, 1.807) is 6.08 Å². The number of halogens is 1. The van der Waals surface area contributed by atoms with Crippen LogP contribution in [-0.2, 0) is 5.41 Å². The van der Waals surface area contributed by atoms with Gasteiger partial charge in [0.15, 0.2) is 17.5 Å². The molecule has 1 unspecified atom stereocenters. The Morgan fingerprint density at radius 2 is 1.12 bits per heavy atom. The van der Waals surface area contributed by atoms with E-state index in [0.29, 0.717) is 29.5 Å². The van der Waals surface area contributed by atoms with Gasteiger partial charge >= 0.3 is 0 Å². The fraction of sp³-hybridized carbons (Fsp3) is 0.107. The summed E-state index contributed by atoms with van der Waals surface area (Å²) in [4.78, 5) is 14.1. The van der Waals surface area contributed by atoms with Crippen molar-refractivity contribution < 1.29 is 4.39 Å². The molecule has 0 saturated heterocycles.